The Kier molecular flexibility index (Phi) is 5.21. The Labute approximate surface area is 165 Å². The van der Waals surface area contributed by atoms with Gasteiger partial charge < -0.3 is 15.4 Å². The van der Waals surface area contributed by atoms with Crippen molar-refractivity contribution in [3.63, 3.8) is 0 Å². The Morgan fingerprint density at radius 1 is 0.893 bits per heavy atom. The van der Waals surface area contributed by atoms with E-state index in [1.54, 1.807) is 48.1 Å². The maximum atomic E-state index is 12.4. The average molecular weight is 389 g/mol. The number of hydrogen-bond acceptors (Lipinski definition) is 7. The Morgan fingerprint density at radius 3 is 2.36 bits per heavy atom. The van der Waals surface area contributed by atoms with Crippen LogP contribution in [0.4, 0.5) is 16.8 Å². The molecule has 8 heteroatoms. The highest BCUT2D eigenvalue weighted by atomic mass is 32.1. The third kappa shape index (κ3) is 4.49. The van der Waals surface area contributed by atoms with Crippen molar-refractivity contribution in [2.24, 2.45) is 0 Å². The van der Waals surface area contributed by atoms with E-state index in [1.165, 1.54) is 11.3 Å². The monoisotopic (exact) mass is 389 g/mol. The second kappa shape index (κ2) is 8.28. The van der Waals surface area contributed by atoms with Gasteiger partial charge >= 0.3 is 0 Å². The summed E-state index contributed by atoms with van der Waals surface area (Å²) in [5.74, 6) is 1.57. The van der Waals surface area contributed by atoms with Gasteiger partial charge in [-0.2, -0.15) is 0 Å². The molecule has 138 valence electrons. The molecule has 2 aromatic carbocycles. The van der Waals surface area contributed by atoms with Crippen LogP contribution >= 0.6 is 11.3 Å². The lowest BCUT2D eigenvalue weighted by Gasteiger charge is -2.07. The van der Waals surface area contributed by atoms with E-state index in [0.717, 1.165) is 5.75 Å². The van der Waals surface area contributed by atoms with Crippen molar-refractivity contribution in [2.75, 3.05) is 10.6 Å². The molecule has 0 saturated carbocycles. The van der Waals surface area contributed by atoms with Gasteiger partial charge in [0, 0.05) is 23.5 Å². The number of rotatable bonds is 6. The van der Waals surface area contributed by atoms with Gasteiger partial charge in [-0.15, -0.1) is 11.3 Å². The Hall–Kier alpha value is -3.78. The van der Waals surface area contributed by atoms with Gasteiger partial charge in [-0.05, 0) is 42.5 Å². The highest BCUT2D eigenvalue weighted by Gasteiger charge is 2.12. The van der Waals surface area contributed by atoms with Gasteiger partial charge in [0.2, 0.25) is 5.95 Å². The number of carbonyl (C=O) groups excluding carboxylic acids is 1. The number of anilines is 3. The highest BCUT2D eigenvalue weighted by Crippen LogP contribution is 2.23. The first-order valence-electron chi connectivity index (χ1n) is 8.40. The number of para-hydroxylation sites is 1. The summed E-state index contributed by atoms with van der Waals surface area (Å²) in [6, 6.07) is 18.4. The van der Waals surface area contributed by atoms with Crippen LogP contribution in [0.3, 0.4) is 0 Å². The lowest BCUT2D eigenvalue weighted by atomic mass is 10.3. The van der Waals surface area contributed by atoms with Crippen molar-refractivity contribution in [1.29, 1.82) is 0 Å². The highest BCUT2D eigenvalue weighted by molar-refractivity contribution is 7.14. The quantitative estimate of drug-likeness (QED) is 0.496. The molecular weight excluding hydrogens is 374 g/mol. The van der Waals surface area contributed by atoms with Gasteiger partial charge in [-0.25, -0.2) is 15.0 Å². The predicted octanol–water partition coefficient (Wildman–Crippen LogP) is 4.72. The minimum Gasteiger partial charge on any atom is -0.457 e. The van der Waals surface area contributed by atoms with Crippen molar-refractivity contribution in [2.45, 2.75) is 0 Å². The number of ether oxygens (including phenoxy) is 1. The fourth-order valence-corrected chi connectivity index (χ4v) is 3.01. The molecule has 4 rings (SSSR count). The number of benzene rings is 2. The number of hydrogen-bond donors (Lipinski definition) is 2. The van der Waals surface area contributed by atoms with Crippen LogP contribution in [0.5, 0.6) is 11.5 Å². The van der Waals surface area contributed by atoms with Crippen LogP contribution in [0.15, 0.2) is 78.4 Å². The van der Waals surface area contributed by atoms with Crippen molar-refractivity contribution in [3.8, 4) is 11.5 Å². The molecule has 0 radical (unpaired) electrons. The predicted molar refractivity (Wildman–Crippen MR) is 108 cm³/mol. The largest absolute Gasteiger partial charge is 0.457 e. The minimum absolute atomic E-state index is 0.296. The SMILES string of the molecule is O=C(Nc1ccc(Oc2ccccc2)cc1)c1csc(Nc2ncccn2)n1. The number of aromatic nitrogens is 3. The molecule has 2 aromatic heterocycles. The summed E-state index contributed by atoms with van der Waals surface area (Å²) in [5, 5.41) is 8.00. The van der Waals surface area contributed by atoms with E-state index in [4.69, 9.17) is 4.74 Å². The Balaban J connectivity index is 1.37. The normalized spacial score (nSPS) is 10.3. The first kappa shape index (κ1) is 17.6. The van der Waals surface area contributed by atoms with E-state index in [0.29, 0.717) is 28.2 Å². The summed E-state index contributed by atoms with van der Waals surface area (Å²) < 4.78 is 5.74. The molecule has 0 fully saturated rings. The van der Waals surface area contributed by atoms with Crippen molar-refractivity contribution in [1.82, 2.24) is 15.0 Å². The molecule has 0 aliphatic rings. The summed E-state index contributed by atoms with van der Waals surface area (Å²) >= 11 is 1.30. The summed E-state index contributed by atoms with van der Waals surface area (Å²) in [6.45, 7) is 0. The van der Waals surface area contributed by atoms with Crippen LogP contribution in [-0.2, 0) is 0 Å². The molecule has 0 aliphatic carbocycles. The number of thiazole rings is 1. The smallest absolute Gasteiger partial charge is 0.275 e. The fraction of sp³-hybridized carbons (Fsp3) is 0. The summed E-state index contributed by atoms with van der Waals surface area (Å²) in [4.78, 5) is 24.8. The van der Waals surface area contributed by atoms with E-state index in [2.05, 4.69) is 25.6 Å². The summed E-state index contributed by atoms with van der Waals surface area (Å²) in [6.07, 6.45) is 3.25. The molecule has 4 aromatic rings. The van der Waals surface area contributed by atoms with Gasteiger partial charge in [0.25, 0.3) is 5.91 Å². The third-order valence-corrected chi connectivity index (χ3v) is 4.37. The second-order valence-corrected chi connectivity index (χ2v) is 6.49. The maximum Gasteiger partial charge on any atom is 0.275 e. The summed E-state index contributed by atoms with van der Waals surface area (Å²) in [5.41, 5.74) is 0.965. The lowest BCUT2D eigenvalue weighted by molar-refractivity contribution is 0.102. The van der Waals surface area contributed by atoms with E-state index in [1.807, 2.05) is 30.3 Å². The number of carbonyl (C=O) groups is 1. The standard InChI is InChI=1S/C20H15N5O2S/c26-18(17-13-28-20(24-17)25-19-21-11-4-12-22-19)23-14-7-9-16(10-8-14)27-15-5-2-1-3-6-15/h1-13H,(H,23,26)(H,21,22,24,25). The van der Waals surface area contributed by atoms with E-state index >= 15 is 0 Å². The zero-order chi connectivity index (χ0) is 19.2. The number of nitrogens with one attached hydrogen (secondary N) is 2. The van der Waals surface area contributed by atoms with Crippen LogP contribution in [-0.4, -0.2) is 20.9 Å². The molecule has 7 nitrogen and oxygen atoms in total. The van der Waals surface area contributed by atoms with Crippen LogP contribution in [0, 0.1) is 0 Å². The van der Waals surface area contributed by atoms with Crippen LogP contribution < -0.4 is 15.4 Å². The Bertz CT molecular complexity index is 1050. The number of amides is 1. The molecule has 0 spiro atoms. The zero-order valence-corrected chi connectivity index (χ0v) is 15.4. The van der Waals surface area contributed by atoms with Gasteiger partial charge in [-0.1, -0.05) is 18.2 Å². The van der Waals surface area contributed by atoms with Gasteiger partial charge in [0.05, 0.1) is 0 Å². The van der Waals surface area contributed by atoms with E-state index < -0.39 is 0 Å². The molecular formula is C20H15N5O2S. The molecule has 2 N–H and O–H groups in total. The van der Waals surface area contributed by atoms with E-state index in [9.17, 15) is 4.79 Å². The van der Waals surface area contributed by atoms with Crippen LogP contribution in [0.25, 0.3) is 0 Å². The average Bonchev–Trinajstić information content (AvgIpc) is 3.20. The third-order valence-electron chi connectivity index (χ3n) is 3.61. The van der Waals surface area contributed by atoms with Gasteiger partial charge in [0.15, 0.2) is 5.13 Å². The van der Waals surface area contributed by atoms with Crippen molar-refractivity contribution >= 4 is 34.0 Å². The molecule has 0 unspecified atom stereocenters. The molecule has 0 bridgehead atoms. The van der Waals surface area contributed by atoms with E-state index in [-0.39, 0.29) is 5.91 Å². The maximum absolute atomic E-state index is 12.4. The molecule has 0 saturated heterocycles. The zero-order valence-electron chi connectivity index (χ0n) is 14.6. The lowest BCUT2D eigenvalue weighted by Crippen LogP contribution is -2.12. The fourth-order valence-electron chi connectivity index (χ4n) is 2.32. The number of nitrogens with zero attached hydrogens (tertiary/aromatic N) is 3. The van der Waals surface area contributed by atoms with Gasteiger partial charge in [-0.3, -0.25) is 4.79 Å². The molecule has 0 aliphatic heterocycles. The first-order chi connectivity index (χ1) is 13.8. The topological polar surface area (TPSA) is 89.0 Å². The molecule has 1 amide bonds. The first-order valence-corrected chi connectivity index (χ1v) is 9.28. The Morgan fingerprint density at radius 2 is 1.61 bits per heavy atom. The van der Waals surface area contributed by atoms with Crippen molar-refractivity contribution < 1.29 is 9.53 Å². The van der Waals surface area contributed by atoms with Crippen molar-refractivity contribution in [3.05, 3.63) is 84.1 Å². The molecule has 2 heterocycles. The van der Waals surface area contributed by atoms with Crippen LogP contribution in [0.2, 0.25) is 0 Å². The molecule has 0 atom stereocenters. The summed E-state index contributed by atoms with van der Waals surface area (Å²) in [7, 11) is 0. The molecule has 28 heavy (non-hydrogen) atoms. The second-order valence-electron chi connectivity index (χ2n) is 5.63. The van der Waals surface area contributed by atoms with Gasteiger partial charge in [0.1, 0.15) is 17.2 Å². The van der Waals surface area contributed by atoms with Crippen LogP contribution in [0.1, 0.15) is 10.5 Å². The minimum atomic E-state index is -0.296.